The molecule has 2 rings (SSSR count). The maximum absolute atomic E-state index is 9.14. The number of ether oxygens (including phenoxy) is 1. The number of nitrogens with two attached hydrogens (primary N) is 1. The van der Waals surface area contributed by atoms with E-state index in [2.05, 4.69) is 10.1 Å². The third kappa shape index (κ3) is 3.33. The lowest BCUT2D eigenvalue weighted by atomic mass is 9.87. The molecule has 114 valence electrons. The Labute approximate surface area is 128 Å². The minimum atomic E-state index is -0.362. The predicted octanol–water partition coefficient (Wildman–Crippen LogP) is 2.87. The van der Waals surface area contributed by atoms with E-state index in [0.717, 1.165) is 35.3 Å². The van der Waals surface area contributed by atoms with Gasteiger partial charge in [0.15, 0.2) is 0 Å². The highest BCUT2D eigenvalue weighted by Gasteiger charge is 2.27. The van der Waals surface area contributed by atoms with E-state index < -0.39 is 0 Å². The fourth-order valence-corrected chi connectivity index (χ4v) is 3.03. The minimum Gasteiger partial charge on any atom is -0.493 e. The quantitative estimate of drug-likeness (QED) is 0.498. The summed E-state index contributed by atoms with van der Waals surface area (Å²) in [6.45, 7) is 6.43. The molecular weight excluding hydrogens is 286 g/mol. The molecule has 3 N–H and O–H groups in total. The third-order valence-electron chi connectivity index (χ3n) is 3.82. The number of hydrogen-bond acceptors (Lipinski definition) is 6. The Hall–Kier alpha value is -1.66. The van der Waals surface area contributed by atoms with Gasteiger partial charge in [-0.3, -0.25) is 4.98 Å². The van der Waals surface area contributed by atoms with Gasteiger partial charge >= 0.3 is 0 Å². The van der Waals surface area contributed by atoms with E-state index in [9.17, 15) is 0 Å². The fourth-order valence-electron chi connectivity index (χ4n) is 2.39. The van der Waals surface area contributed by atoms with Gasteiger partial charge in [0, 0.05) is 16.6 Å². The van der Waals surface area contributed by atoms with Crippen LogP contribution in [0.25, 0.3) is 0 Å². The van der Waals surface area contributed by atoms with Crippen LogP contribution in [0.15, 0.2) is 39.3 Å². The molecule has 1 aromatic heterocycles. The molecule has 0 radical (unpaired) electrons. The van der Waals surface area contributed by atoms with Crippen molar-refractivity contribution < 1.29 is 9.94 Å². The number of thiazole rings is 1. The number of oxime groups is 1. The second-order valence-corrected chi connectivity index (χ2v) is 6.12. The Morgan fingerprint density at radius 3 is 2.76 bits per heavy atom. The summed E-state index contributed by atoms with van der Waals surface area (Å²) in [5, 5.41) is 12.5. The summed E-state index contributed by atoms with van der Waals surface area (Å²) in [5.41, 5.74) is 11.2. The van der Waals surface area contributed by atoms with Crippen LogP contribution in [0.2, 0.25) is 0 Å². The van der Waals surface area contributed by atoms with Crippen molar-refractivity contribution in [3.63, 3.8) is 0 Å². The van der Waals surface area contributed by atoms with Crippen LogP contribution in [0.1, 0.15) is 32.1 Å². The molecule has 0 aromatic carbocycles. The first-order valence-corrected chi connectivity index (χ1v) is 7.81. The maximum atomic E-state index is 9.14. The largest absolute Gasteiger partial charge is 0.493 e. The summed E-state index contributed by atoms with van der Waals surface area (Å²) in [6, 6.07) is -0.362. The average molecular weight is 307 g/mol. The molecule has 6 heteroatoms. The molecule has 0 fully saturated rings. The maximum Gasteiger partial charge on any atom is 0.127 e. The molecule has 5 nitrogen and oxygen atoms in total. The van der Waals surface area contributed by atoms with Crippen molar-refractivity contribution in [3.8, 4) is 0 Å². The SMILES string of the molecule is CC1=C(OCCCc2cncs2)C(C)=C(C)C(N)C1=NO. The highest BCUT2D eigenvalue weighted by atomic mass is 32.1. The van der Waals surface area contributed by atoms with E-state index in [1.165, 1.54) is 4.88 Å². The molecule has 1 aliphatic carbocycles. The average Bonchev–Trinajstić information content (AvgIpc) is 2.98. The lowest BCUT2D eigenvalue weighted by Crippen LogP contribution is -2.36. The Bertz CT molecular complexity index is 586. The molecule has 21 heavy (non-hydrogen) atoms. The molecule has 0 saturated heterocycles. The van der Waals surface area contributed by atoms with Crippen molar-refractivity contribution in [2.75, 3.05) is 6.61 Å². The number of hydrogen-bond donors (Lipinski definition) is 2. The van der Waals surface area contributed by atoms with Gasteiger partial charge in [-0.1, -0.05) is 5.16 Å². The summed E-state index contributed by atoms with van der Waals surface area (Å²) < 4.78 is 5.92. The predicted molar refractivity (Wildman–Crippen MR) is 84.7 cm³/mol. The standard InChI is InChI=1S/C15H21N3O2S/c1-9-10(2)15(11(3)14(18-19)13(9)16)20-6-4-5-12-7-17-8-21-12/h7-8,13,19H,4-6,16H2,1-3H3. The van der Waals surface area contributed by atoms with Gasteiger partial charge < -0.3 is 15.7 Å². The molecule has 1 heterocycles. The smallest absolute Gasteiger partial charge is 0.127 e. The summed E-state index contributed by atoms with van der Waals surface area (Å²) in [6.07, 6.45) is 3.77. The highest BCUT2D eigenvalue weighted by Crippen LogP contribution is 2.28. The number of aryl methyl sites for hydroxylation is 1. The number of aromatic nitrogens is 1. The van der Waals surface area contributed by atoms with E-state index in [4.69, 9.17) is 15.7 Å². The molecule has 1 unspecified atom stereocenters. The second kappa shape index (κ2) is 6.87. The van der Waals surface area contributed by atoms with Gasteiger partial charge in [-0.2, -0.15) is 0 Å². The number of allylic oxidation sites excluding steroid dienone is 1. The summed E-state index contributed by atoms with van der Waals surface area (Å²) in [7, 11) is 0. The van der Waals surface area contributed by atoms with Crippen molar-refractivity contribution in [1.29, 1.82) is 0 Å². The van der Waals surface area contributed by atoms with Crippen LogP contribution in [-0.4, -0.2) is 28.6 Å². The van der Waals surface area contributed by atoms with Gasteiger partial charge in [-0.15, -0.1) is 11.3 Å². The first-order chi connectivity index (χ1) is 10.1. The summed E-state index contributed by atoms with van der Waals surface area (Å²) in [5.74, 6) is 0.784. The van der Waals surface area contributed by atoms with E-state index >= 15 is 0 Å². The van der Waals surface area contributed by atoms with Crippen LogP contribution >= 0.6 is 11.3 Å². The lowest BCUT2D eigenvalue weighted by Gasteiger charge is -2.26. The Balaban J connectivity index is 2.02. The van der Waals surface area contributed by atoms with Crippen LogP contribution in [0.5, 0.6) is 0 Å². The van der Waals surface area contributed by atoms with E-state index in [1.807, 2.05) is 32.5 Å². The van der Waals surface area contributed by atoms with E-state index in [-0.39, 0.29) is 6.04 Å². The lowest BCUT2D eigenvalue weighted by molar-refractivity contribution is 0.212. The highest BCUT2D eigenvalue weighted by molar-refractivity contribution is 7.09. The fraction of sp³-hybridized carbons (Fsp3) is 0.467. The van der Waals surface area contributed by atoms with Gasteiger partial charge in [0.1, 0.15) is 11.5 Å². The van der Waals surface area contributed by atoms with E-state index in [0.29, 0.717) is 12.3 Å². The number of rotatable bonds is 5. The zero-order chi connectivity index (χ0) is 15.4. The third-order valence-corrected chi connectivity index (χ3v) is 4.66. The van der Waals surface area contributed by atoms with Crippen LogP contribution in [0.3, 0.4) is 0 Å². The monoisotopic (exact) mass is 307 g/mol. The Morgan fingerprint density at radius 1 is 1.38 bits per heavy atom. The summed E-state index contributed by atoms with van der Waals surface area (Å²) >= 11 is 1.66. The van der Waals surface area contributed by atoms with Crippen LogP contribution in [-0.2, 0) is 11.2 Å². The first-order valence-electron chi connectivity index (χ1n) is 6.93. The van der Waals surface area contributed by atoms with Gasteiger partial charge in [0.25, 0.3) is 0 Å². The zero-order valence-corrected chi connectivity index (χ0v) is 13.4. The van der Waals surface area contributed by atoms with Crippen molar-refractivity contribution in [1.82, 2.24) is 4.98 Å². The first kappa shape index (κ1) is 15.7. The van der Waals surface area contributed by atoms with Crippen molar-refractivity contribution in [2.45, 2.75) is 39.7 Å². The zero-order valence-electron chi connectivity index (χ0n) is 12.6. The van der Waals surface area contributed by atoms with Crippen LogP contribution < -0.4 is 5.73 Å². The van der Waals surface area contributed by atoms with Crippen molar-refractivity contribution in [2.24, 2.45) is 10.9 Å². The molecule has 0 saturated carbocycles. The molecule has 0 spiro atoms. The molecule has 1 aliphatic rings. The van der Waals surface area contributed by atoms with E-state index in [1.54, 1.807) is 11.3 Å². The van der Waals surface area contributed by atoms with Crippen LogP contribution in [0, 0.1) is 0 Å². The summed E-state index contributed by atoms with van der Waals surface area (Å²) in [4.78, 5) is 5.32. The Morgan fingerprint density at radius 2 is 2.14 bits per heavy atom. The molecule has 0 amide bonds. The van der Waals surface area contributed by atoms with Crippen molar-refractivity contribution >= 4 is 17.0 Å². The minimum absolute atomic E-state index is 0.362. The van der Waals surface area contributed by atoms with Gasteiger partial charge in [0.2, 0.25) is 0 Å². The molecule has 1 atom stereocenters. The Kier molecular flexibility index (Phi) is 5.14. The number of nitrogens with zero attached hydrogens (tertiary/aromatic N) is 2. The topological polar surface area (TPSA) is 80.7 Å². The molecule has 0 aliphatic heterocycles. The van der Waals surface area contributed by atoms with Crippen LogP contribution in [0.4, 0.5) is 0 Å². The van der Waals surface area contributed by atoms with Gasteiger partial charge in [-0.25, -0.2) is 0 Å². The molecule has 1 aromatic rings. The molecular formula is C15H21N3O2S. The van der Waals surface area contributed by atoms with Gasteiger partial charge in [-0.05, 0) is 44.8 Å². The second-order valence-electron chi connectivity index (χ2n) is 5.14. The van der Waals surface area contributed by atoms with Gasteiger partial charge in [0.05, 0.1) is 18.2 Å². The normalized spacial score (nSPS) is 21.3. The molecule has 0 bridgehead atoms. The van der Waals surface area contributed by atoms with Crippen molar-refractivity contribution in [3.05, 3.63) is 39.1 Å².